The normalized spacial score (nSPS) is 14.6. The van der Waals surface area contributed by atoms with Gasteiger partial charge < -0.3 is 14.4 Å². The number of nitrogens with one attached hydrogen (secondary N) is 1. The van der Waals surface area contributed by atoms with E-state index in [0.717, 1.165) is 29.4 Å². The maximum absolute atomic E-state index is 5.37. The Labute approximate surface area is 156 Å². The van der Waals surface area contributed by atoms with E-state index in [1.807, 2.05) is 29.2 Å². The molecule has 1 N–H and O–H groups in total. The summed E-state index contributed by atoms with van der Waals surface area (Å²) in [4.78, 5) is 15.0. The molecule has 2 heterocycles. The first-order valence-electron chi connectivity index (χ1n) is 8.73. The van der Waals surface area contributed by atoms with Gasteiger partial charge in [0.05, 0.1) is 26.5 Å². The van der Waals surface area contributed by atoms with Crippen LogP contribution in [0.2, 0.25) is 0 Å². The minimum absolute atomic E-state index is 0.245. The molecule has 1 fully saturated rings. The van der Waals surface area contributed by atoms with Crippen LogP contribution in [0.1, 0.15) is 5.56 Å². The summed E-state index contributed by atoms with van der Waals surface area (Å²) in [5.74, 6) is 0.882. The minimum Gasteiger partial charge on any atom is -0.467 e. The highest BCUT2D eigenvalue weighted by Crippen LogP contribution is 2.18. The van der Waals surface area contributed by atoms with Gasteiger partial charge in [0.1, 0.15) is 0 Å². The molecule has 0 spiro atoms. The van der Waals surface area contributed by atoms with Gasteiger partial charge in [0.25, 0.3) is 5.95 Å². The van der Waals surface area contributed by atoms with Gasteiger partial charge in [-0.05, 0) is 10.8 Å². The molecule has 0 unspecified atom stereocenters. The van der Waals surface area contributed by atoms with Crippen molar-refractivity contribution in [2.24, 2.45) is 5.10 Å². The van der Waals surface area contributed by atoms with Crippen LogP contribution in [0.4, 0.5) is 11.9 Å². The number of hydrogen-bond donors (Lipinski definition) is 1. The lowest BCUT2D eigenvalue weighted by Gasteiger charge is -2.26. The van der Waals surface area contributed by atoms with Crippen molar-refractivity contribution in [2.45, 2.75) is 0 Å². The summed E-state index contributed by atoms with van der Waals surface area (Å²) in [7, 11) is 1.53. The van der Waals surface area contributed by atoms with Gasteiger partial charge in [0.2, 0.25) is 5.95 Å². The van der Waals surface area contributed by atoms with Crippen molar-refractivity contribution in [3.8, 4) is 6.01 Å². The summed E-state index contributed by atoms with van der Waals surface area (Å²) in [6.45, 7) is 2.75. The molecule has 0 aliphatic carbocycles. The Balaban J connectivity index is 1.55. The van der Waals surface area contributed by atoms with Crippen molar-refractivity contribution in [3.05, 3.63) is 48.0 Å². The van der Waals surface area contributed by atoms with Crippen LogP contribution < -0.4 is 15.1 Å². The summed E-state index contributed by atoms with van der Waals surface area (Å²) in [5, 5.41) is 6.59. The number of anilines is 2. The van der Waals surface area contributed by atoms with Gasteiger partial charge in [-0.25, -0.2) is 5.43 Å². The van der Waals surface area contributed by atoms with Gasteiger partial charge >= 0.3 is 6.01 Å². The van der Waals surface area contributed by atoms with Gasteiger partial charge in [0.15, 0.2) is 0 Å². The van der Waals surface area contributed by atoms with Crippen molar-refractivity contribution < 1.29 is 9.47 Å². The number of ether oxygens (including phenoxy) is 2. The maximum atomic E-state index is 5.37. The molecule has 1 aromatic heterocycles. The number of rotatable bonds is 5. The van der Waals surface area contributed by atoms with E-state index in [1.165, 1.54) is 7.11 Å². The third-order valence-corrected chi connectivity index (χ3v) is 4.27. The summed E-state index contributed by atoms with van der Waals surface area (Å²) in [6.07, 6.45) is 1.76. The predicted molar refractivity (Wildman–Crippen MR) is 105 cm³/mol. The molecule has 8 nitrogen and oxygen atoms in total. The molecule has 8 heteroatoms. The van der Waals surface area contributed by atoms with E-state index in [1.54, 1.807) is 6.21 Å². The number of hydrogen-bond acceptors (Lipinski definition) is 8. The molecule has 2 aromatic carbocycles. The average Bonchev–Trinajstić information content (AvgIpc) is 2.74. The molecule has 0 saturated carbocycles. The molecule has 3 aromatic rings. The minimum atomic E-state index is 0.245. The van der Waals surface area contributed by atoms with E-state index >= 15 is 0 Å². The van der Waals surface area contributed by atoms with Crippen molar-refractivity contribution in [3.63, 3.8) is 0 Å². The van der Waals surface area contributed by atoms with Crippen LogP contribution in [0.15, 0.2) is 47.6 Å². The quantitative estimate of drug-likeness (QED) is 0.549. The van der Waals surface area contributed by atoms with Crippen molar-refractivity contribution in [1.29, 1.82) is 0 Å². The lowest BCUT2D eigenvalue weighted by atomic mass is 10.1. The molecule has 138 valence electrons. The Kier molecular flexibility index (Phi) is 5.06. The first kappa shape index (κ1) is 17.2. The monoisotopic (exact) mass is 364 g/mol. The Morgan fingerprint density at radius 3 is 2.74 bits per heavy atom. The SMILES string of the molecule is COc1nc(N/N=C\c2cccc3ccccc23)nc(N2CCOCC2)n1. The van der Waals surface area contributed by atoms with Crippen LogP contribution in [0.25, 0.3) is 10.8 Å². The number of fused-ring (bicyclic) bond motifs is 1. The molecule has 1 aliphatic heterocycles. The second-order valence-corrected chi connectivity index (χ2v) is 5.98. The average molecular weight is 364 g/mol. The van der Waals surface area contributed by atoms with E-state index < -0.39 is 0 Å². The molecular weight excluding hydrogens is 344 g/mol. The molecule has 1 aliphatic rings. The van der Waals surface area contributed by atoms with E-state index in [2.05, 4.69) is 43.7 Å². The molecule has 0 radical (unpaired) electrons. The summed E-state index contributed by atoms with van der Waals surface area (Å²) >= 11 is 0. The second-order valence-electron chi connectivity index (χ2n) is 5.98. The molecule has 0 atom stereocenters. The molecule has 0 bridgehead atoms. The number of nitrogens with zero attached hydrogens (tertiary/aromatic N) is 5. The number of benzene rings is 2. The highest BCUT2D eigenvalue weighted by atomic mass is 16.5. The van der Waals surface area contributed by atoms with Gasteiger partial charge in [-0.3, -0.25) is 0 Å². The van der Waals surface area contributed by atoms with Crippen LogP contribution in [-0.2, 0) is 4.74 Å². The first-order valence-corrected chi connectivity index (χ1v) is 8.73. The zero-order valence-electron chi connectivity index (χ0n) is 15.0. The van der Waals surface area contributed by atoms with E-state index in [4.69, 9.17) is 9.47 Å². The Morgan fingerprint density at radius 1 is 1.07 bits per heavy atom. The van der Waals surface area contributed by atoms with Crippen molar-refractivity contribution >= 4 is 28.9 Å². The highest BCUT2D eigenvalue weighted by molar-refractivity contribution is 5.99. The Bertz CT molecular complexity index is 951. The standard InChI is InChI=1S/C19H20N6O2/c1-26-19-22-17(21-18(23-19)25-9-11-27-12-10-25)24-20-13-15-7-4-6-14-5-2-3-8-16(14)15/h2-8,13H,9-12H2,1H3,(H,21,22,23,24)/b20-13-. The number of hydrazone groups is 1. The van der Waals surface area contributed by atoms with Crippen molar-refractivity contribution in [1.82, 2.24) is 15.0 Å². The van der Waals surface area contributed by atoms with Crippen LogP contribution in [-0.4, -0.2) is 54.6 Å². The number of methoxy groups -OCH3 is 1. The molecular formula is C19H20N6O2. The first-order chi connectivity index (χ1) is 13.3. The summed E-state index contributed by atoms with van der Waals surface area (Å²) in [5.41, 5.74) is 3.89. The Hall–Kier alpha value is -3.26. The fourth-order valence-corrected chi connectivity index (χ4v) is 2.91. The number of aromatic nitrogens is 3. The van der Waals surface area contributed by atoms with Crippen LogP contribution in [0.5, 0.6) is 6.01 Å². The zero-order chi connectivity index (χ0) is 18.5. The zero-order valence-corrected chi connectivity index (χ0v) is 15.0. The van der Waals surface area contributed by atoms with Crippen LogP contribution in [0.3, 0.4) is 0 Å². The topological polar surface area (TPSA) is 84.8 Å². The molecule has 1 saturated heterocycles. The van der Waals surface area contributed by atoms with Gasteiger partial charge in [-0.15, -0.1) is 0 Å². The smallest absolute Gasteiger partial charge is 0.322 e. The molecule has 4 rings (SSSR count). The maximum Gasteiger partial charge on any atom is 0.322 e. The van der Waals surface area contributed by atoms with Crippen LogP contribution in [0, 0.1) is 0 Å². The Morgan fingerprint density at radius 2 is 1.89 bits per heavy atom. The summed E-state index contributed by atoms with van der Waals surface area (Å²) < 4.78 is 10.6. The lowest BCUT2D eigenvalue weighted by molar-refractivity contribution is 0.122. The number of morpholine rings is 1. The van der Waals surface area contributed by atoms with E-state index in [9.17, 15) is 0 Å². The predicted octanol–water partition coefficient (Wildman–Crippen LogP) is 2.32. The van der Waals surface area contributed by atoms with E-state index in [0.29, 0.717) is 25.1 Å². The third kappa shape index (κ3) is 3.95. The van der Waals surface area contributed by atoms with Gasteiger partial charge in [-0.2, -0.15) is 20.1 Å². The third-order valence-electron chi connectivity index (χ3n) is 4.27. The largest absolute Gasteiger partial charge is 0.467 e. The second kappa shape index (κ2) is 7.96. The molecule has 0 amide bonds. The van der Waals surface area contributed by atoms with Gasteiger partial charge in [-0.1, -0.05) is 42.5 Å². The molecule has 27 heavy (non-hydrogen) atoms. The lowest BCUT2D eigenvalue weighted by Crippen LogP contribution is -2.37. The fraction of sp³-hybridized carbons (Fsp3) is 0.263. The highest BCUT2D eigenvalue weighted by Gasteiger charge is 2.16. The van der Waals surface area contributed by atoms with Gasteiger partial charge in [0, 0.05) is 18.7 Å². The summed E-state index contributed by atoms with van der Waals surface area (Å²) in [6, 6.07) is 14.5. The fourth-order valence-electron chi connectivity index (χ4n) is 2.91. The van der Waals surface area contributed by atoms with Crippen molar-refractivity contribution in [2.75, 3.05) is 43.7 Å². The van der Waals surface area contributed by atoms with E-state index in [-0.39, 0.29) is 6.01 Å². The van der Waals surface area contributed by atoms with Crippen LogP contribution >= 0.6 is 0 Å².